The number of nitrogens with one attached hydrogen (secondary N) is 2. The molecule has 2 atom stereocenters. The minimum Gasteiger partial charge on any atom is -0.352 e. The standard InChI is InChI=1S/C13H24N2O/c1-4-5-14-9-13(16)15-12-7-10(2)6-11(3)8-12/h4,10-12,14H,1,5-9H2,2-3H3,(H,15,16). The topological polar surface area (TPSA) is 41.1 Å². The Labute approximate surface area is 98.7 Å². The van der Waals surface area contributed by atoms with Crippen LogP contribution >= 0.6 is 0 Å². The third kappa shape index (κ3) is 4.79. The van der Waals surface area contributed by atoms with E-state index in [-0.39, 0.29) is 5.91 Å². The molecule has 0 heterocycles. The number of carbonyl (C=O) groups excluding carboxylic acids is 1. The lowest BCUT2D eigenvalue weighted by Crippen LogP contribution is -2.43. The Morgan fingerprint density at radius 1 is 1.31 bits per heavy atom. The highest BCUT2D eigenvalue weighted by Gasteiger charge is 2.24. The van der Waals surface area contributed by atoms with Crippen LogP contribution in [-0.4, -0.2) is 25.0 Å². The molecule has 2 unspecified atom stereocenters. The van der Waals surface area contributed by atoms with Gasteiger partial charge in [-0.15, -0.1) is 6.58 Å². The highest BCUT2D eigenvalue weighted by Crippen LogP contribution is 2.28. The van der Waals surface area contributed by atoms with Crippen molar-refractivity contribution in [3.63, 3.8) is 0 Å². The molecule has 3 heteroatoms. The van der Waals surface area contributed by atoms with Crippen molar-refractivity contribution in [2.75, 3.05) is 13.1 Å². The Kier molecular flexibility index (Phi) is 5.53. The second-order valence-corrected chi connectivity index (χ2v) is 5.10. The summed E-state index contributed by atoms with van der Waals surface area (Å²) in [5.41, 5.74) is 0. The Morgan fingerprint density at radius 2 is 1.94 bits per heavy atom. The summed E-state index contributed by atoms with van der Waals surface area (Å²) in [6.07, 6.45) is 5.30. The minimum absolute atomic E-state index is 0.105. The summed E-state index contributed by atoms with van der Waals surface area (Å²) in [7, 11) is 0. The zero-order chi connectivity index (χ0) is 12.0. The Hall–Kier alpha value is -0.830. The molecule has 0 spiro atoms. The van der Waals surface area contributed by atoms with Crippen molar-refractivity contribution >= 4 is 5.91 Å². The van der Waals surface area contributed by atoms with Gasteiger partial charge in [-0.2, -0.15) is 0 Å². The van der Waals surface area contributed by atoms with E-state index >= 15 is 0 Å². The fourth-order valence-electron chi connectivity index (χ4n) is 2.63. The fraction of sp³-hybridized carbons (Fsp3) is 0.769. The van der Waals surface area contributed by atoms with Crippen LogP contribution in [0.5, 0.6) is 0 Å². The molecule has 3 nitrogen and oxygen atoms in total. The maximum Gasteiger partial charge on any atom is 0.234 e. The van der Waals surface area contributed by atoms with Gasteiger partial charge in [0, 0.05) is 12.6 Å². The van der Waals surface area contributed by atoms with Gasteiger partial charge in [0.25, 0.3) is 0 Å². The molecule has 1 aliphatic rings. The van der Waals surface area contributed by atoms with Gasteiger partial charge in [-0.3, -0.25) is 4.79 Å². The summed E-state index contributed by atoms with van der Waals surface area (Å²) in [5.74, 6) is 1.57. The number of rotatable bonds is 5. The molecule has 0 aromatic carbocycles. The van der Waals surface area contributed by atoms with Gasteiger partial charge in [-0.05, 0) is 31.1 Å². The highest BCUT2D eigenvalue weighted by molar-refractivity contribution is 5.78. The van der Waals surface area contributed by atoms with Gasteiger partial charge < -0.3 is 10.6 Å². The smallest absolute Gasteiger partial charge is 0.234 e. The van der Waals surface area contributed by atoms with E-state index in [1.54, 1.807) is 6.08 Å². The Morgan fingerprint density at radius 3 is 2.50 bits per heavy atom. The van der Waals surface area contributed by atoms with Crippen LogP contribution in [0.15, 0.2) is 12.7 Å². The SMILES string of the molecule is C=CCNCC(=O)NC1CC(C)CC(C)C1. The van der Waals surface area contributed by atoms with Crippen LogP contribution in [0.25, 0.3) is 0 Å². The zero-order valence-electron chi connectivity index (χ0n) is 10.5. The molecule has 92 valence electrons. The second kappa shape index (κ2) is 6.69. The molecule has 0 aromatic rings. The predicted octanol–water partition coefficient (Wildman–Crippen LogP) is 1.70. The van der Waals surface area contributed by atoms with E-state index in [1.807, 2.05) is 0 Å². The van der Waals surface area contributed by atoms with Gasteiger partial charge in [-0.25, -0.2) is 0 Å². The molecule has 0 aromatic heterocycles. The largest absolute Gasteiger partial charge is 0.352 e. The maximum absolute atomic E-state index is 11.6. The first kappa shape index (κ1) is 13.2. The molecule has 0 aliphatic heterocycles. The van der Waals surface area contributed by atoms with Crippen LogP contribution in [0.1, 0.15) is 33.1 Å². The molecule has 0 bridgehead atoms. The van der Waals surface area contributed by atoms with Crippen molar-refractivity contribution in [1.82, 2.24) is 10.6 Å². The molecule has 1 rings (SSSR count). The average molecular weight is 224 g/mol. The molecule has 1 fully saturated rings. The molecule has 2 N–H and O–H groups in total. The van der Waals surface area contributed by atoms with E-state index in [0.717, 1.165) is 24.7 Å². The van der Waals surface area contributed by atoms with Gasteiger partial charge >= 0.3 is 0 Å². The van der Waals surface area contributed by atoms with E-state index in [1.165, 1.54) is 6.42 Å². The molecule has 16 heavy (non-hydrogen) atoms. The molecular formula is C13H24N2O. The first-order valence-corrected chi connectivity index (χ1v) is 6.22. The van der Waals surface area contributed by atoms with E-state index in [0.29, 0.717) is 19.1 Å². The number of hydrogen-bond acceptors (Lipinski definition) is 2. The van der Waals surface area contributed by atoms with Gasteiger partial charge in [0.05, 0.1) is 6.54 Å². The first-order chi connectivity index (χ1) is 7.61. The van der Waals surface area contributed by atoms with Crippen molar-refractivity contribution in [2.24, 2.45) is 11.8 Å². The molecular weight excluding hydrogens is 200 g/mol. The first-order valence-electron chi connectivity index (χ1n) is 6.22. The summed E-state index contributed by atoms with van der Waals surface area (Å²) >= 11 is 0. The van der Waals surface area contributed by atoms with Crippen LogP contribution in [0.4, 0.5) is 0 Å². The van der Waals surface area contributed by atoms with Crippen LogP contribution < -0.4 is 10.6 Å². The summed E-state index contributed by atoms with van der Waals surface area (Å²) in [5, 5.41) is 6.12. The van der Waals surface area contributed by atoms with Crippen molar-refractivity contribution in [2.45, 2.75) is 39.2 Å². The maximum atomic E-state index is 11.6. The Balaban J connectivity index is 2.24. The lowest BCUT2D eigenvalue weighted by Gasteiger charge is -2.31. The van der Waals surface area contributed by atoms with Gasteiger partial charge in [0.1, 0.15) is 0 Å². The summed E-state index contributed by atoms with van der Waals surface area (Å²) in [6, 6.07) is 0.372. The predicted molar refractivity (Wildman–Crippen MR) is 67.2 cm³/mol. The average Bonchev–Trinajstić information content (AvgIpc) is 2.16. The van der Waals surface area contributed by atoms with Crippen LogP contribution in [0.2, 0.25) is 0 Å². The third-order valence-corrected chi connectivity index (χ3v) is 3.12. The second-order valence-electron chi connectivity index (χ2n) is 5.10. The normalized spacial score (nSPS) is 29.8. The van der Waals surface area contributed by atoms with Gasteiger partial charge in [-0.1, -0.05) is 19.9 Å². The molecule has 0 radical (unpaired) electrons. The van der Waals surface area contributed by atoms with E-state index in [9.17, 15) is 4.79 Å². The van der Waals surface area contributed by atoms with Crippen LogP contribution in [-0.2, 0) is 4.79 Å². The minimum atomic E-state index is 0.105. The van der Waals surface area contributed by atoms with Crippen LogP contribution in [0.3, 0.4) is 0 Å². The lowest BCUT2D eigenvalue weighted by molar-refractivity contribution is -0.121. The van der Waals surface area contributed by atoms with E-state index in [4.69, 9.17) is 0 Å². The summed E-state index contributed by atoms with van der Waals surface area (Å²) in [6.45, 7) is 9.22. The van der Waals surface area contributed by atoms with E-state index in [2.05, 4.69) is 31.1 Å². The van der Waals surface area contributed by atoms with E-state index < -0.39 is 0 Å². The Bertz CT molecular complexity index is 230. The number of carbonyl (C=O) groups is 1. The van der Waals surface area contributed by atoms with Crippen LogP contribution in [0, 0.1) is 11.8 Å². The lowest BCUT2D eigenvalue weighted by atomic mass is 9.80. The van der Waals surface area contributed by atoms with Crippen molar-refractivity contribution in [3.05, 3.63) is 12.7 Å². The molecule has 0 saturated heterocycles. The molecule has 1 aliphatic carbocycles. The highest BCUT2D eigenvalue weighted by atomic mass is 16.1. The number of amides is 1. The molecule has 1 amide bonds. The van der Waals surface area contributed by atoms with Gasteiger partial charge in [0.2, 0.25) is 5.91 Å². The third-order valence-electron chi connectivity index (χ3n) is 3.12. The van der Waals surface area contributed by atoms with Crippen molar-refractivity contribution in [3.8, 4) is 0 Å². The molecule has 1 saturated carbocycles. The quantitative estimate of drug-likeness (QED) is 0.551. The fourth-order valence-corrected chi connectivity index (χ4v) is 2.63. The zero-order valence-corrected chi connectivity index (χ0v) is 10.5. The number of hydrogen-bond donors (Lipinski definition) is 2. The van der Waals surface area contributed by atoms with Gasteiger partial charge in [0.15, 0.2) is 0 Å². The van der Waals surface area contributed by atoms with Crippen molar-refractivity contribution in [1.29, 1.82) is 0 Å². The summed E-state index contributed by atoms with van der Waals surface area (Å²) < 4.78 is 0. The monoisotopic (exact) mass is 224 g/mol. The van der Waals surface area contributed by atoms with Crippen molar-refractivity contribution < 1.29 is 4.79 Å². The summed E-state index contributed by atoms with van der Waals surface area (Å²) in [4.78, 5) is 11.6.